The average Bonchev–Trinajstić information content (AvgIpc) is 2.56. The highest BCUT2D eigenvalue weighted by molar-refractivity contribution is 6.42. The van der Waals surface area contributed by atoms with Crippen molar-refractivity contribution in [2.75, 3.05) is 24.4 Å². The third kappa shape index (κ3) is 5.90. The number of anilines is 2. The molecule has 0 spiro atoms. The molecule has 0 aliphatic heterocycles. The lowest BCUT2D eigenvalue weighted by Crippen LogP contribution is -2.17. The number of halogens is 2. The summed E-state index contributed by atoms with van der Waals surface area (Å²) in [7, 11) is 1.44. The number of hydrogen-bond donors (Lipinski definition) is 2. The Morgan fingerprint density at radius 3 is 2.48 bits per heavy atom. The number of carbonyl (C=O) groups excluding carboxylic acids is 2. The molecule has 0 heterocycles. The van der Waals surface area contributed by atoms with Crippen LogP contribution < -0.4 is 10.6 Å². The molecule has 0 aromatic heterocycles. The van der Waals surface area contributed by atoms with Gasteiger partial charge in [0.25, 0.3) is 0 Å². The summed E-state index contributed by atoms with van der Waals surface area (Å²) in [5, 5.41) is 6.18. The molecule has 0 unspecified atom stereocenters. The minimum Gasteiger partial charge on any atom is -0.375 e. The van der Waals surface area contributed by atoms with Gasteiger partial charge in [-0.25, -0.2) is 0 Å². The van der Waals surface area contributed by atoms with Gasteiger partial charge in [0.05, 0.1) is 10.0 Å². The number of ether oxygens (including phenoxy) is 1. The predicted molar refractivity (Wildman–Crippen MR) is 101 cm³/mol. The molecular weight excluding hydrogens is 363 g/mol. The molecule has 2 rings (SSSR count). The van der Waals surface area contributed by atoms with Crippen LogP contribution in [-0.2, 0) is 14.3 Å². The molecule has 0 saturated heterocycles. The van der Waals surface area contributed by atoms with Crippen LogP contribution >= 0.6 is 23.2 Å². The van der Waals surface area contributed by atoms with E-state index >= 15 is 0 Å². The molecule has 2 N–H and O–H groups in total. The number of rotatable bonds is 6. The second-order valence-corrected chi connectivity index (χ2v) is 5.81. The highest BCUT2D eigenvalue weighted by atomic mass is 35.5. The zero-order valence-electron chi connectivity index (χ0n) is 13.4. The van der Waals surface area contributed by atoms with E-state index in [2.05, 4.69) is 10.6 Å². The predicted octanol–water partition coefficient (Wildman–Crippen LogP) is 4.23. The van der Waals surface area contributed by atoms with Gasteiger partial charge in [-0.1, -0.05) is 41.4 Å². The molecule has 2 aromatic carbocycles. The number of amides is 2. The van der Waals surface area contributed by atoms with Crippen molar-refractivity contribution in [3.05, 3.63) is 64.1 Å². The van der Waals surface area contributed by atoms with Gasteiger partial charge in [-0.3, -0.25) is 9.59 Å². The van der Waals surface area contributed by atoms with E-state index in [0.29, 0.717) is 27.0 Å². The molecule has 25 heavy (non-hydrogen) atoms. The van der Waals surface area contributed by atoms with Gasteiger partial charge in [0.2, 0.25) is 11.8 Å². The standard InChI is InChI=1S/C18H16Cl2N2O3/c1-25-11-17(24)22-14-6-3-5-13(10-14)21-16(23)9-8-12-4-2-7-15(19)18(12)20/h2-10H,11H2,1H3,(H,21,23)(H,22,24)/b9-8+. The monoisotopic (exact) mass is 378 g/mol. The lowest BCUT2D eigenvalue weighted by molar-refractivity contribution is -0.119. The van der Waals surface area contributed by atoms with Crippen LogP contribution in [0.25, 0.3) is 6.08 Å². The number of methoxy groups -OCH3 is 1. The number of hydrogen-bond acceptors (Lipinski definition) is 3. The fourth-order valence-corrected chi connectivity index (χ4v) is 2.37. The van der Waals surface area contributed by atoms with Crippen molar-refractivity contribution in [1.29, 1.82) is 0 Å². The molecule has 0 atom stereocenters. The topological polar surface area (TPSA) is 67.4 Å². The van der Waals surface area contributed by atoms with Crippen LogP contribution in [0, 0.1) is 0 Å². The minimum absolute atomic E-state index is 0.0419. The summed E-state index contributed by atoms with van der Waals surface area (Å²) in [5.74, 6) is -0.613. The maximum absolute atomic E-state index is 12.0. The van der Waals surface area contributed by atoms with Crippen LogP contribution in [0.5, 0.6) is 0 Å². The zero-order chi connectivity index (χ0) is 18.2. The fraction of sp³-hybridized carbons (Fsp3) is 0.111. The van der Waals surface area contributed by atoms with Crippen LogP contribution in [-0.4, -0.2) is 25.5 Å². The lowest BCUT2D eigenvalue weighted by Gasteiger charge is -2.07. The van der Waals surface area contributed by atoms with Crippen molar-refractivity contribution < 1.29 is 14.3 Å². The van der Waals surface area contributed by atoms with E-state index in [1.807, 2.05) is 0 Å². The van der Waals surface area contributed by atoms with Crippen molar-refractivity contribution in [2.45, 2.75) is 0 Å². The van der Waals surface area contributed by atoms with Crippen LogP contribution in [0.2, 0.25) is 10.0 Å². The smallest absolute Gasteiger partial charge is 0.250 e. The van der Waals surface area contributed by atoms with Gasteiger partial charge < -0.3 is 15.4 Å². The molecule has 0 saturated carbocycles. The third-order valence-electron chi connectivity index (χ3n) is 3.09. The first-order chi connectivity index (χ1) is 12.0. The molecule has 0 bridgehead atoms. The second-order valence-electron chi connectivity index (χ2n) is 5.03. The van der Waals surface area contributed by atoms with Gasteiger partial charge in [0.15, 0.2) is 0 Å². The second kappa shape index (κ2) is 9.22. The number of carbonyl (C=O) groups is 2. The van der Waals surface area contributed by atoms with Gasteiger partial charge in [-0.2, -0.15) is 0 Å². The Labute approximate surface area is 155 Å². The van der Waals surface area contributed by atoms with Crippen molar-refractivity contribution >= 4 is 52.5 Å². The fourth-order valence-electron chi connectivity index (χ4n) is 2.00. The molecule has 0 radical (unpaired) electrons. The first-order valence-corrected chi connectivity index (χ1v) is 8.07. The van der Waals surface area contributed by atoms with Crippen molar-refractivity contribution in [3.8, 4) is 0 Å². The van der Waals surface area contributed by atoms with Gasteiger partial charge >= 0.3 is 0 Å². The summed E-state index contributed by atoms with van der Waals surface area (Å²) < 4.78 is 4.75. The van der Waals surface area contributed by atoms with Crippen molar-refractivity contribution in [3.63, 3.8) is 0 Å². The Hall–Kier alpha value is -2.34. The summed E-state index contributed by atoms with van der Waals surface area (Å²) >= 11 is 12.0. The normalized spacial score (nSPS) is 10.7. The van der Waals surface area contributed by atoms with Crippen LogP contribution in [0.15, 0.2) is 48.5 Å². The molecule has 0 aliphatic rings. The van der Waals surface area contributed by atoms with Gasteiger partial charge in [0.1, 0.15) is 6.61 Å². The first-order valence-electron chi connectivity index (χ1n) is 7.31. The van der Waals surface area contributed by atoms with E-state index < -0.39 is 0 Å². The van der Waals surface area contributed by atoms with E-state index in [1.165, 1.54) is 13.2 Å². The summed E-state index contributed by atoms with van der Waals surface area (Å²) in [6.45, 7) is -0.0419. The summed E-state index contributed by atoms with van der Waals surface area (Å²) in [6.07, 6.45) is 2.93. The maximum Gasteiger partial charge on any atom is 0.250 e. The van der Waals surface area contributed by atoms with E-state index in [4.69, 9.17) is 27.9 Å². The third-order valence-corrected chi connectivity index (χ3v) is 3.92. The molecule has 130 valence electrons. The van der Waals surface area contributed by atoms with Crippen molar-refractivity contribution in [1.82, 2.24) is 0 Å². The summed E-state index contributed by atoms with van der Waals surface area (Å²) in [6, 6.07) is 12.0. The largest absolute Gasteiger partial charge is 0.375 e. The van der Waals surface area contributed by atoms with E-state index in [-0.39, 0.29) is 18.4 Å². The Balaban J connectivity index is 2.02. The highest BCUT2D eigenvalue weighted by Crippen LogP contribution is 2.26. The van der Waals surface area contributed by atoms with Crippen LogP contribution in [0.3, 0.4) is 0 Å². The van der Waals surface area contributed by atoms with Gasteiger partial charge in [-0.05, 0) is 35.9 Å². The van der Waals surface area contributed by atoms with Crippen LogP contribution in [0.4, 0.5) is 11.4 Å². The molecule has 5 nitrogen and oxygen atoms in total. The molecule has 7 heteroatoms. The number of nitrogens with one attached hydrogen (secondary N) is 2. The van der Waals surface area contributed by atoms with E-state index in [9.17, 15) is 9.59 Å². The Kier molecular flexibility index (Phi) is 7.01. The zero-order valence-corrected chi connectivity index (χ0v) is 14.9. The van der Waals surface area contributed by atoms with Crippen molar-refractivity contribution in [2.24, 2.45) is 0 Å². The molecule has 2 aromatic rings. The molecule has 2 amide bonds. The first kappa shape index (κ1) is 19.0. The number of benzene rings is 2. The minimum atomic E-state index is -0.337. The Morgan fingerprint density at radius 1 is 1.08 bits per heavy atom. The quantitative estimate of drug-likeness (QED) is 0.739. The lowest BCUT2D eigenvalue weighted by atomic mass is 10.2. The molecule has 0 aliphatic carbocycles. The van der Waals surface area contributed by atoms with Gasteiger partial charge in [0, 0.05) is 24.6 Å². The average molecular weight is 379 g/mol. The molecular formula is C18H16Cl2N2O3. The Morgan fingerprint density at radius 2 is 1.76 bits per heavy atom. The summed E-state index contributed by atoms with van der Waals surface area (Å²) in [5.41, 5.74) is 1.74. The Bertz CT molecular complexity index is 807. The van der Waals surface area contributed by atoms with E-state index in [0.717, 1.165) is 0 Å². The van der Waals surface area contributed by atoms with E-state index in [1.54, 1.807) is 48.5 Å². The van der Waals surface area contributed by atoms with Gasteiger partial charge in [-0.15, -0.1) is 0 Å². The molecule has 0 fully saturated rings. The summed E-state index contributed by atoms with van der Waals surface area (Å²) in [4.78, 5) is 23.5. The van der Waals surface area contributed by atoms with Crippen LogP contribution in [0.1, 0.15) is 5.56 Å². The maximum atomic E-state index is 12.0. The highest BCUT2D eigenvalue weighted by Gasteiger charge is 2.05. The SMILES string of the molecule is COCC(=O)Nc1cccc(NC(=O)/C=C/c2cccc(Cl)c2Cl)c1.